The SMILES string of the molecule is OCc1noc2c1CC(Nc1ncccn1)CC2. The molecule has 6 nitrogen and oxygen atoms in total. The van der Waals surface area contributed by atoms with Crippen LogP contribution < -0.4 is 5.32 Å². The third kappa shape index (κ3) is 2.06. The molecule has 0 spiro atoms. The minimum atomic E-state index is -0.0760. The Morgan fingerprint density at radius 2 is 2.22 bits per heavy atom. The monoisotopic (exact) mass is 246 g/mol. The lowest BCUT2D eigenvalue weighted by atomic mass is 9.92. The number of aliphatic hydroxyl groups excluding tert-OH is 1. The highest BCUT2D eigenvalue weighted by atomic mass is 16.5. The molecule has 0 amide bonds. The number of nitrogens with one attached hydrogen (secondary N) is 1. The second kappa shape index (κ2) is 4.73. The van der Waals surface area contributed by atoms with Gasteiger partial charge in [0, 0.05) is 30.4 Å². The molecule has 3 rings (SSSR count). The molecule has 0 saturated carbocycles. The summed E-state index contributed by atoms with van der Waals surface area (Å²) in [5.74, 6) is 1.53. The van der Waals surface area contributed by atoms with E-state index in [0.29, 0.717) is 11.6 Å². The van der Waals surface area contributed by atoms with Gasteiger partial charge < -0.3 is 14.9 Å². The number of nitrogens with zero attached hydrogens (tertiary/aromatic N) is 3. The maximum absolute atomic E-state index is 9.19. The third-order valence-electron chi connectivity index (χ3n) is 3.17. The molecule has 0 bridgehead atoms. The fourth-order valence-corrected chi connectivity index (χ4v) is 2.27. The molecular weight excluding hydrogens is 232 g/mol. The van der Waals surface area contributed by atoms with E-state index in [1.807, 2.05) is 0 Å². The molecule has 6 heteroatoms. The molecule has 2 aromatic heterocycles. The molecule has 2 aromatic rings. The van der Waals surface area contributed by atoms with Gasteiger partial charge in [0.1, 0.15) is 11.5 Å². The van der Waals surface area contributed by atoms with E-state index in [-0.39, 0.29) is 12.6 Å². The van der Waals surface area contributed by atoms with Crippen LogP contribution in [0, 0.1) is 0 Å². The molecular formula is C12H14N4O2. The molecule has 1 aliphatic carbocycles. The van der Waals surface area contributed by atoms with Crippen LogP contribution in [0.3, 0.4) is 0 Å². The lowest BCUT2D eigenvalue weighted by Gasteiger charge is -2.22. The Labute approximate surface area is 104 Å². The molecule has 94 valence electrons. The second-order valence-corrected chi connectivity index (χ2v) is 4.35. The first kappa shape index (κ1) is 11.2. The van der Waals surface area contributed by atoms with E-state index in [2.05, 4.69) is 20.4 Å². The van der Waals surface area contributed by atoms with Crippen molar-refractivity contribution in [2.24, 2.45) is 0 Å². The Kier molecular flexibility index (Phi) is 2.93. The summed E-state index contributed by atoms with van der Waals surface area (Å²) in [4.78, 5) is 8.30. The van der Waals surface area contributed by atoms with Crippen molar-refractivity contribution in [1.29, 1.82) is 0 Å². The van der Waals surface area contributed by atoms with Crippen molar-refractivity contribution in [3.05, 3.63) is 35.5 Å². The summed E-state index contributed by atoms with van der Waals surface area (Å²) in [6, 6.07) is 2.04. The van der Waals surface area contributed by atoms with Crippen molar-refractivity contribution in [3.8, 4) is 0 Å². The molecule has 0 aromatic carbocycles. The smallest absolute Gasteiger partial charge is 0.222 e. The zero-order chi connectivity index (χ0) is 12.4. The minimum absolute atomic E-state index is 0.0760. The van der Waals surface area contributed by atoms with E-state index in [1.54, 1.807) is 18.5 Å². The van der Waals surface area contributed by atoms with Crippen LogP contribution in [-0.2, 0) is 19.4 Å². The predicted octanol–water partition coefficient (Wildman–Crippen LogP) is 0.926. The average Bonchev–Trinajstić information content (AvgIpc) is 2.82. The van der Waals surface area contributed by atoms with Crippen molar-refractivity contribution in [3.63, 3.8) is 0 Å². The van der Waals surface area contributed by atoms with Gasteiger partial charge in [0.15, 0.2) is 0 Å². The number of aromatic nitrogens is 3. The molecule has 2 heterocycles. The standard InChI is InChI=1S/C12H14N4O2/c17-7-10-9-6-8(2-3-11(9)18-16-10)15-12-13-4-1-5-14-12/h1,4-5,8,17H,2-3,6-7H2,(H,13,14,15). The molecule has 0 saturated heterocycles. The lowest BCUT2D eigenvalue weighted by molar-refractivity contribution is 0.265. The number of hydrogen-bond acceptors (Lipinski definition) is 6. The maximum Gasteiger partial charge on any atom is 0.222 e. The Bertz CT molecular complexity index is 513. The highest BCUT2D eigenvalue weighted by molar-refractivity contribution is 5.32. The molecule has 0 fully saturated rings. The molecule has 1 aliphatic rings. The fraction of sp³-hybridized carbons (Fsp3) is 0.417. The van der Waals surface area contributed by atoms with Gasteiger partial charge in [-0.15, -0.1) is 0 Å². The molecule has 0 aliphatic heterocycles. The quantitative estimate of drug-likeness (QED) is 0.838. The molecule has 18 heavy (non-hydrogen) atoms. The van der Waals surface area contributed by atoms with E-state index in [0.717, 1.165) is 30.6 Å². The van der Waals surface area contributed by atoms with Crippen molar-refractivity contribution in [1.82, 2.24) is 15.1 Å². The van der Waals surface area contributed by atoms with Gasteiger partial charge in [0.25, 0.3) is 0 Å². The van der Waals surface area contributed by atoms with Gasteiger partial charge in [-0.1, -0.05) is 5.16 Å². The van der Waals surface area contributed by atoms with Crippen LogP contribution in [0.15, 0.2) is 23.0 Å². The number of anilines is 1. The summed E-state index contributed by atoms with van der Waals surface area (Å²) in [5, 5.41) is 16.4. The van der Waals surface area contributed by atoms with E-state index >= 15 is 0 Å². The summed E-state index contributed by atoms with van der Waals surface area (Å²) >= 11 is 0. The normalized spacial score (nSPS) is 18.4. The third-order valence-corrected chi connectivity index (χ3v) is 3.17. The Morgan fingerprint density at radius 3 is 3.00 bits per heavy atom. The number of aliphatic hydroxyl groups is 1. The van der Waals surface area contributed by atoms with Gasteiger partial charge in [-0.05, 0) is 18.9 Å². The van der Waals surface area contributed by atoms with Crippen LogP contribution in [0.25, 0.3) is 0 Å². The topological polar surface area (TPSA) is 84.1 Å². The highest BCUT2D eigenvalue weighted by Gasteiger charge is 2.25. The number of rotatable bonds is 3. The Morgan fingerprint density at radius 1 is 1.39 bits per heavy atom. The Hall–Kier alpha value is -1.95. The summed E-state index contributed by atoms with van der Waals surface area (Å²) in [7, 11) is 0. The molecule has 0 radical (unpaired) electrons. The van der Waals surface area contributed by atoms with E-state index < -0.39 is 0 Å². The zero-order valence-corrected chi connectivity index (χ0v) is 9.83. The first-order valence-corrected chi connectivity index (χ1v) is 5.97. The van der Waals surface area contributed by atoms with Crippen LogP contribution in [0.5, 0.6) is 0 Å². The maximum atomic E-state index is 9.19. The molecule has 1 unspecified atom stereocenters. The van der Waals surface area contributed by atoms with Crippen molar-refractivity contribution in [2.75, 3.05) is 5.32 Å². The lowest BCUT2D eigenvalue weighted by Crippen LogP contribution is -2.28. The first-order valence-electron chi connectivity index (χ1n) is 5.97. The van der Waals surface area contributed by atoms with Gasteiger partial charge in [0.05, 0.1) is 6.61 Å². The Balaban J connectivity index is 1.74. The van der Waals surface area contributed by atoms with Crippen LogP contribution in [0.1, 0.15) is 23.4 Å². The fourth-order valence-electron chi connectivity index (χ4n) is 2.27. The van der Waals surface area contributed by atoms with E-state index in [9.17, 15) is 5.11 Å². The summed E-state index contributed by atoms with van der Waals surface area (Å²) in [6.45, 7) is -0.0760. The highest BCUT2D eigenvalue weighted by Crippen LogP contribution is 2.25. The van der Waals surface area contributed by atoms with Crippen LogP contribution >= 0.6 is 0 Å². The van der Waals surface area contributed by atoms with Crippen molar-refractivity contribution >= 4 is 5.95 Å². The van der Waals surface area contributed by atoms with Crippen molar-refractivity contribution in [2.45, 2.75) is 31.9 Å². The second-order valence-electron chi connectivity index (χ2n) is 4.35. The van der Waals surface area contributed by atoms with Crippen LogP contribution in [0.4, 0.5) is 5.95 Å². The van der Waals surface area contributed by atoms with Gasteiger partial charge in [-0.3, -0.25) is 0 Å². The van der Waals surface area contributed by atoms with Crippen LogP contribution in [-0.4, -0.2) is 26.3 Å². The zero-order valence-electron chi connectivity index (χ0n) is 9.83. The first-order chi connectivity index (χ1) is 8.86. The van der Waals surface area contributed by atoms with E-state index in [1.165, 1.54) is 0 Å². The summed E-state index contributed by atoms with van der Waals surface area (Å²) in [5.41, 5.74) is 1.67. The summed E-state index contributed by atoms with van der Waals surface area (Å²) < 4.78 is 5.21. The number of aryl methyl sites for hydroxylation is 1. The van der Waals surface area contributed by atoms with Crippen LogP contribution in [0.2, 0.25) is 0 Å². The average molecular weight is 246 g/mol. The summed E-state index contributed by atoms with van der Waals surface area (Å²) in [6.07, 6.45) is 5.98. The largest absolute Gasteiger partial charge is 0.390 e. The van der Waals surface area contributed by atoms with Crippen molar-refractivity contribution < 1.29 is 9.63 Å². The minimum Gasteiger partial charge on any atom is -0.390 e. The van der Waals surface area contributed by atoms with E-state index in [4.69, 9.17) is 4.52 Å². The number of hydrogen-bond donors (Lipinski definition) is 2. The van der Waals surface area contributed by atoms with Gasteiger partial charge in [-0.25, -0.2) is 9.97 Å². The van der Waals surface area contributed by atoms with Gasteiger partial charge in [0.2, 0.25) is 5.95 Å². The van der Waals surface area contributed by atoms with Gasteiger partial charge in [-0.2, -0.15) is 0 Å². The predicted molar refractivity (Wildman–Crippen MR) is 63.9 cm³/mol. The van der Waals surface area contributed by atoms with Gasteiger partial charge >= 0.3 is 0 Å². The number of fused-ring (bicyclic) bond motifs is 1. The molecule has 1 atom stereocenters. The molecule has 2 N–H and O–H groups in total.